The molecule has 0 spiro atoms. The van der Waals surface area contributed by atoms with Gasteiger partial charge in [-0.05, 0) is 36.6 Å². The summed E-state index contributed by atoms with van der Waals surface area (Å²) in [4.78, 5) is 10.8. The van der Waals surface area contributed by atoms with E-state index in [1.165, 1.54) is 0 Å². The van der Waals surface area contributed by atoms with Gasteiger partial charge in [0, 0.05) is 24.6 Å². The van der Waals surface area contributed by atoms with Gasteiger partial charge in [-0.2, -0.15) is 0 Å². The number of carbonyl (C=O) groups is 1. The highest BCUT2D eigenvalue weighted by Gasteiger charge is 2.13. The van der Waals surface area contributed by atoms with E-state index in [1.54, 1.807) is 0 Å². The van der Waals surface area contributed by atoms with E-state index in [2.05, 4.69) is 5.32 Å². The van der Waals surface area contributed by atoms with Crippen molar-refractivity contribution in [3.8, 4) is 0 Å². The summed E-state index contributed by atoms with van der Waals surface area (Å²) in [6.45, 7) is 0.153. The molecular formula is C18H19F2NO2. The van der Waals surface area contributed by atoms with Gasteiger partial charge < -0.3 is 10.4 Å². The Bertz CT molecular complexity index is 647. The second-order valence-corrected chi connectivity index (χ2v) is 5.44. The van der Waals surface area contributed by atoms with Gasteiger partial charge in [-0.3, -0.25) is 4.79 Å². The summed E-state index contributed by atoms with van der Waals surface area (Å²) in [5.41, 5.74) is 1.30. The van der Waals surface area contributed by atoms with Crippen molar-refractivity contribution < 1.29 is 18.7 Å². The highest BCUT2D eigenvalue weighted by molar-refractivity contribution is 5.66. The molecule has 0 aliphatic rings. The zero-order valence-electron chi connectivity index (χ0n) is 12.6. The van der Waals surface area contributed by atoms with E-state index >= 15 is 0 Å². The van der Waals surface area contributed by atoms with Crippen LogP contribution in [0.15, 0.2) is 48.5 Å². The Labute approximate surface area is 134 Å². The van der Waals surface area contributed by atoms with Crippen LogP contribution in [0.5, 0.6) is 0 Å². The molecule has 122 valence electrons. The monoisotopic (exact) mass is 319 g/mol. The largest absolute Gasteiger partial charge is 0.481 e. The molecule has 1 unspecified atom stereocenters. The van der Waals surface area contributed by atoms with Gasteiger partial charge in [-0.25, -0.2) is 8.78 Å². The van der Waals surface area contributed by atoms with E-state index in [1.807, 2.05) is 30.3 Å². The highest BCUT2D eigenvalue weighted by Crippen LogP contribution is 2.12. The molecule has 5 heteroatoms. The summed E-state index contributed by atoms with van der Waals surface area (Å²) < 4.78 is 26.9. The Balaban J connectivity index is 2.01. The van der Waals surface area contributed by atoms with Crippen LogP contribution in [0.1, 0.15) is 24.0 Å². The first-order valence-electron chi connectivity index (χ1n) is 7.47. The first kappa shape index (κ1) is 17.1. The molecule has 0 aliphatic heterocycles. The third-order valence-corrected chi connectivity index (χ3v) is 3.62. The Kier molecular flexibility index (Phi) is 6.23. The average Bonchev–Trinajstić information content (AvgIpc) is 2.54. The Hall–Kier alpha value is -2.27. The van der Waals surface area contributed by atoms with Crippen LogP contribution >= 0.6 is 0 Å². The van der Waals surface area contributed by atoms with Crippen molar-refractivity contribution in [3.63, 3.8) is 0 Å². The molecule has 0 amide bonds. The van der Waals surface area contributed by atoms with Gasteiger partial charge >= 0.3 is 5.97 Å². The maximum absolute atomic E-state index is 13.7. The summed E-state index contributed by atoms with van der Waals surface area (Å²) >= 11 is 0. The number of rotatable bonds is 8. The van der Waals surface area contributed by atoms with E-state index in [-0.39, 0.29) is 24.6 Å². The molecule has 3 nitrogen and oxygen atoms in total. The summed E-state index contributed by atoms with van der Waals surface area (Å²) in [6.07, 6.45) is 1.07. The number of carboxylic acids is 1. The van der Waals surface area contributed by atoms with Crippen molar-refractivity contribution in [2.24, 2.45) is 0 Å². The fourth-order valence-corrected chi connectivity index (χ4v) is 2.41. The minimum absolute atomic E-state index is 0.0239. The lowest BCUT2D eigenvalue weighted by atomic mass is 10.0. The molecule has 2 N–H and O–H groups in total. The number of aliphatic carboxylic acids is 1. The molecule has 2 rings (SSSR count). The van der Waals surface area contributed by atoms with Crippen LogP contribution in [0, 0.1) is 11.6 Å². The third-order valence-electron chi connectivity index (χ3n) is 3.62. The van der Waals surface area contributed by atoms with E-state index in [9.17, 15) is 13.6 Å². The van der Waals surface area contributed by atoms with Crippen LogP contribution in [0.25, 0.3) is 0 Å². The lowest BCUT2D eigenvalue weighted by molar-refractivity contribution is -0.137. The zero-order chi connectivity index (χ0) is 16.7. The smallest absolute Gasteiger partial charge is 0.303 e. The summed E-state index contributed by atoms with van der Waals surface area (Å²) in [5, 5.41) is 12.0. The molecule has 2 aromatic carbocycles. The lowest BCUT2D eigenvalue weighted by Gasteiger charge is -2.18. The fraction of sp³-hybridized carbons (Fsp3) is 0.278. The first-order chi connectivity index (χ1) is 11.0. The summed E-state index contributed by atoms with van der Waals surface area (Å²) in [7, 11) is 0. The number of carboxylic acid groups (broad SMARTS) is 1. The van der Waals surface area contributed by atoms with Gasteiger partial charge in [0.05, 0.1) is 0 Å². The third kappa shape index (κ3) is 5.79. The second kappa shape index (κ2) is 8.39. The van der Waals surface area contributed by atoms with Gasteiger partial charge in [-0.1, -0.05) is 30.3 Å². The normalized spacial score (nSPS) is 12.1. The Morgan fingerprint density at radius 1 is 1.13 bits per heavy atom. The second-order valence-electron chi connectivity index (χ2n) is 5.44. The van der Waals surface area contributed by atoms with Crippen LogP contribution < -0.4 is 5.32 Å². The van der Waals surface area contributed by atoms with E-state index in [0.717, 1.165) is 23.8 Å². The molecule has 0 aromatic heterocycles. The van der Waals surface area contributed by atoms with Crippen LogP contribution in [0.2, 0.25) is 0 Å². The maximum Gasteiger partial charge on any atom is 0.303 e. The summed E-state index contributed by atoms with van der Waals surface area (Å²) in [5.74, 6) is -1.84. The summed E-state index contributed by atoms with van der Waals surface area (Å²) in [6, 6.07) is 12.8. The maximum atomic E-state index is 13.7. The molecule has 0 saturated carbocycles. The highest BCUT2D eigenvalue weighted by atomic mass is 19.1. The van der Waals surface area contributed by atoms with Gasteiger partial charge in [0.2, 0.25) is 0 Å². The predicted octanol–water partition coefficient (Wildman–Crippen LogP) is 3.53. The Morgan fingerprint density at radius 2 is 1.87 bits per heavy atom. The van der Waals surface area contributed by atoms with Gasteiger partial charge in [0.15, 0.2) is 0 Å². The van der Waals surface area contributed by atoms with Gasteiger partial charge in [0.25, 0.3) is 0 Å². The van der Waals surface area contributed by atoms with Crippen molar-refractivity contribution in [3.05, 3.63) is 71.3 Å². The minimum atomic E-state index is -0.873. The topological polar surface area (TPSA) is 49.3 Å². The quantitative estimate of drug-likeness (QED) is 0.782. The number of halogens is 2. The average molecular weight is 319 g/mol. The molecule has 0 aliphatic carbocycles. The van der Waals surface area contributed by atoms with E-state index in [0.29, 0.717) is 12.8 Å². The zero-order valence-corrected chi connectivity index (χ0v) is 12.6. The molecule has 0 fully saturated rings. The SMILES string of the molecule is O=C(O)CCC(Cc1ccccc1)NCc1cc(F)ccc1F. The van der Waals surface area contributed by atoms with E-state index in [4.69, 9.17) is 5.11 Å². The molecule has 0 radical (unpaired) electrons. The Morgan fingerprint density at radius 3 is 2.57 bits per heavy atom. The lowest BCUT2D eigenvalue weighted by Crippen LogP contribution is -2.31. The molecule has 2 aromatic rings. The standard InChI is InChI=1S/C18H19F2NO2/c19-15-6-8-17(20)14(11-15)12-21-16(7-9-18(22)23)10-13-4-2-1-3-5-13/h1-6,8,11,16,21H,7,9-10,12H2,(H,22,23). The van der Waals surface area contributed by atoms with Crippen LogP contribution in [0.3, 0.4) is 0 Å². The van der Waals surface area contributed by atoms with Gasteiger partial charge in [0.1, 0.15) is 11.6 Å². The van der Waals surface area contributed by atoms with Gasteiger partial charge in [-0.15, -0.1) is 0 Å². The van der Waals surface area contributed by atoms with Crippen molar-refractivity contribution in [2.75, 3.05) is 0 Å². The van der Waals surface area contributed by atoms with Crippen LogP contribution in [-0.2, 0) is 17.8 Å². The van der Waals surface area contributed by atoms with Crippen molar-refractivity contribution in [1.82, 2.24) is 5.32 Å². The molecule has 1 atom stereocenters. The predicted molar refractivity (Wildman–Crippen MR) is 84.0 cm³/mol. The molecule has 0 bridgehead atoms. The van der Waals surface area contributed by atoms with Crippen LogP contribution in [0.4, 0.5) is 8.78 Å². The number of nitrogens with one attached hydrogen (secondary N) is 1. The van der Waals surface area contributed by atoms with Crippen molar-refractivity contribution in [1.29, 1.82) is 0 Å². The molecule has 0 heterocycles. The van der Waals surface area contributed by atoms with E-state index < -0.39 is 17.6 Å². The molecular weight excluding hydrogens is 300 g/mol. The minimum Gasteiger partial charge on any atom is -0.481 e. The molecule has 0 saturated heterocycles. The number of hydrogen-bond acceptors (Lipinski definition) is 2. The van der Waals surface area contributed by atoms with Crippen LogP contribution in [-0.4, -0.2) is 17.1 Å². The molecule has 23 heavy (non-hydrogen) atoms. The van der Waals surface area contributed by atoms with Crippen molar-refractivity contribution in [2.45, 2.75) is 31.8 Å². The first-order valence-corrected chi connectivity index (χ1v) is 7.47. The number of hydrogen-bond donors (Lipinski definition) is 2. The fourth-order valence-electron chi connectivity index (χ4n) is 2.41. The van der Waals surface area contributed by atoms with Crippen molar-refractivity contribution >= 4 is 5.97 Å². The number of benzene rings is 2.